The maximum absolute atomic E-state index is 12.6. The van der Waals surface area contributed by atoms with Gasteiger partial charge >= 0.3 is 0 Å². The lowest BCUT2D eigenvalue weighted by atomic mass is 9.97. The molecule has 2 N–H and O–H groups in total. The zero-order chi connectivity index (χ0) is 16.4. The van der Waals surface area contributed by atoms with E-state index < -0.39 is 0 Å². The minimum Gasteiger partial charge on any atom is -0.369 e. The SMILES string of the molecule is CC(Sc1ncc2ccccn12)C(=O)N1CCCC(C(N)=O)C1. The smallest absolute Gasteiger partial charge is 0.235 e. The molecular weight excluding hydrogens is 312 g/mol. The van der Waals surface area contributed by atoms with Crippen LogP contribution >= 0.6 is 11.8 Å². The third-order valence-electron chi connectivity index (χ3n) is 4.17. The number of likely N-dealkylation sites (tertiary alicyclic amines) is 1. The predicted octanol–water partition coefficient (Wildman–Crippen LogP) is 1.54. The van der Waals surface area contributed by atoms with E-state index >= 15 is 0 Å². The van der Waals surface area contributed by atoms with Crippen molar-refractivity contribution in [2.24, 2.45) is 11.7 Å². The summed E-state index contributed by atoms with van der Waals surface area (Å²) in [5, 5.41) is 0.539. The van der Waals surface area contributed by atoms with Crippen molar-refractivity contribution in [3.05, 3.63) is 30.6 Å². The van der Waals surface area contributed by atoms with Gasteiger partial charge in [-0.25, -0.2) is 4.98 Å². The quantitative estimate of drug-likeness (QED) is 0.861. The second-order valence-electron chi connectivity index (χ2n) is 5.82. The van der Waals surface area contributed by atoms with Gasteiger partial charge in [0.2, 0.25) is 11.8 Å². The van der Waals surface area contributed by atoms with Gasteiger partial charge in [0.15, 0.2) is 5.16 Å². The van der Waals surface area contributed by atoms with Gasteiger partial charge in [0.05, 0.1) is 22.9 Å². The van der Waals surface area contributed by atoms with Crippen molar-refractivity contribution in [2.75, 3.05) is 13.1 Å². The Kier molecular flexibility index (Phi) is 4.56. The van der Waals surface area contributed by atoms with Crippen LogP contribution in [0.2, 0.25) is 0 Å². The molecule has 1 aliphatic rings. The Labute approximate surface area is 139 Å². The number of fused-ring (bicyclic) bond motifs is 1. The van der Waals surface area contributed by atoms with E-state index in [-0.39, 0.29) is 23.0 Å². The van der Waals surface area contributed by atoms with Gasteiger partial charge in [0.25, 0.3) is 0 Å². The second kappa shape index (κ2) is 6.62. The number of hydrogen-bond acceptors (Lipinski definition) is 4. The third kappa shape index (κ3) is 3.34. The van der Waals surface area contributed by atoms with Crippen LogP contribution in [-0.4, -0.2) is 44.4 Å². The lowest BCUT2D eigenvalue weighted by Gasteiger charge is -2.32. The standard InChI is InChI=1S/C16H20N4O2S/c1-11(15(22)19-7-4-5-12(10-19)14(17)21)23-16-18-9-13-6-2-3-8-20(13)16/h2-3,6,8-9,11-12H,4-5,7,10H2,1H3,(H2,17,21). The minimum absolute atomic E-state index is 0.0358. The molecule has 23 heavy (non-hydrogen) atoms. The fraction of sp³-hybridized carbons (Fsp3) is 0.438. The maximum Gasteiger partial charge on any atom is 0.235 e. The van der Waals surface area contributed by atoms with Crippen LogP contribution < -0.4 is 5.73 Å². The maximum atomic E-state index is 12.6. The number of hydrogen-bond donors (Lipinski definition) is 1. The van der Waals surface area contributed by atoms with Crippen LogP contribution in [0, 0.1) is 5.92 Å². The number of nitrogens with two attached hydrogens (primary N) is 1. The first-order chi connectivity index (χ1) is 11.1. The Morgan fingerprint density at radius 1 is 1.43 bits per heavy atom. The molecule has 0 radical (unpaired) electrons. The number of aromatic nitrogens is 2. The van der Waals surface area contributed by atoms with Crippen LogP contribution in [0.1, 0.15) is 19.8 Å². The molecule has 3 heterocycles. The molecule has 0 bridgehead atoms. The normalized spacial score (nSPS) is 19.7. The van der Waals surface area contributed by atoms with Gasteiger partial charge in [0.1, 0.15) is 0 Å². The first-order valence-electron chi connectivity index (χ1n) is 7.73. The molecule has 2 atom stereocenters. The Hall–Kier alpha value is -2.02. The number of piperidine rings is 1. The van der Waals surface area contributed by atoms with Crippen molar-refractivity contribution in [3.8, 4) is 0 Å². The molecule has 1 aliphatic heterocycles. The molecule has 1 saturated heterocycles. The average molecular weight is 332 g/mol. The summed E-state index contributed by atoms with van der Waals surface area (Å²) in [5.74, 6) is -0.507. The molecule has 6 nitrogen and oxygen atoms in total. The number of carbonyl (C=O) groups is 2. The Morgan fingerprint density at radius 2 is 2.26 bits per heavy atom. The summed E-state index contributed by atoms with van der Waals surface area (Å²) in [7, 11) is 0. The molecule has 2 aromatic rings. The molecule has 122 valence electrons. The van der Waals surface area contributed by atoms with Gasteiger partial charge in [-0.2, -0.15) is 0 Å². The Morgan fingerprint density at radius 3 is 3.04 bits per heavy atom. The topological polar surface area (TPSA) is 80.7 Å². The molecular formula is C16H20N4O2S. The van der Waals surface area contributed by atoms with E-state index in [0.29, 0.717) is 13.1 Å². The molecule has 2 amide bonds. The minimum atomic E-state index is -0.318. The molecule has 0 saturated carbocycles. The summed E-state index contributed by atoms with van der Waals surface area (Å²) >= 11 is 1.44. The van der Waals surface area contributed by atoms with Crippen molar-refractivity contribution in [3.63, 3.8) is 0 Å². The zero-order valence-electron chi connectivity index (χ0n) is 13.0. The van der Waals surface area contributed by atoms with E-state index in [2.05, 4.69) is 4.98 Å². The van der Waals surface area contributed by atoms with E-state index in [9.17, 15) is 9.59 Å². The fourth-order valence-electron chi connectivity index (χ4n) is 2.88. The highest BCUT2D eigenvalue weighted by Gasteiger charge is 2.30. The van der Waals surface area contributed by atoms with E-state index in [1.54, 1.807) is 11.1 Å². The number of primary amides is 1. The molecule has 1 fully saturated rings. The highest BCUT2D eigenvalue weighted by Crippen LogP contribution is 2.26. The van der Waals surface area contributed by atoms with Crippen molar-refractivity contribution in [2.45, 2.75) is 30.2 Å². The number of amides is 2. The summed E-state index contributed by atoms with van der Waals surface area (Å²) in [6.45, 7) is 3.00. The van der Waals surface area contributed by atoms with E-state index in [0.717, 1.165) is 23.5 Å². The van der Waals surface area contributed by atoms with Gasteiger partial charge in [-0.3, -0.25) is 14.0 Å². The number of nitrogens with zero attached hydrogens (tertiary/aromatic N) is 3. The Balaban J connectivity index is 1.69. The van der Waals surface area contributed by atoms with Crippen LogP contribution in [0.15, 0.2) is 35.7 Å². The second-order valence-corrected chi connectivity index (χ2v) is 7.13. The number of imidazole rings is 1. The summed E-state index contributed by atoms with van der Waals surface area (Å²) < 4.78 is 1.97. The molecule has 0 aromatic carbocycles. The average Bonchev–Trinajstić information content (AvgIpc) is 2.97. The molecule has 0 aliphatic carbocycles. The van der Waals surface area contributed by atoms with Crippen molar-refractivity contribution in [1.29, 1.82) is 0 Å². The lowest BCUT2D eigenvalue weighted by Crippen LogP contribution is -2.46. The molecule has 2 aromatic heterocycles. The fourth-order valence-corrected chi connectivity index (χ4v) is 3.84. The molecule has 2 unspecified atom stereocenters. The van der Waals surface area contributed by atoms with Gasteiger partial charge in [0, 0.05) is 19.3 Å². The van der Waals surface area contributed by atoms with E-state index in [1.807, 2.05) is 35.7 Å². The van der Waals surface area contributed by atoms with Gasteiger partial charge in [-0.1, -0.05) is 17.8 Å². The van der Waals surface area contributed by atoms with Crippen LogP contribution in [-0.2, 0) is 9.59 Å². The first kappa shape index (κ1) is 15.9. The van der Waals surface area contributed by atoms with Crippen LogP contribution in [0.25, 0.3) is 5.52 Å². The highest BCUT2D eigenvalue weighted by molar-refractivity contribution is 8.00. The first-order valence-corrected chi connectivity index (χ1v) is 8.61. The monoisotopic (exact) mass is 332 g/mol. The van der Waals surface area contributed by atoms with Crippen molar-refractivity contribution in [1.82, 2.24) is 14.3 Å². The summed E-state index contributed by atoms with van der Waals surface area (Å²) in [6, 6.07) is 5.87. The number of carbonyl (C=O) groups excluding carboxylic acids is 2. The molecule has 0 spiro atoms. The van der Waals surface area contributed by atoms with Crippen LogP contribution in [0.4, 0.5) is 0 Å². The van der Waals surface area contributed by atoms with Crippen LogP contribution in [0.3, 0.4) is 0 Å². The zero-order valence-corrected chi connectivity index (χ0v) is 13.8. The summed E-state index contributed by atoms with van der Waals surface area (Å²) in [6.07, 6.45) is 5.32. The number of thioether (sulfide) groups is 1. The van der Waals surface area contributed by atoms with Crippen molar-refractivity contribution >= 4 is 29.1 Å². The Bertz CT molecular complexity index is 730. The molecule has 7 heteroatoms. The molecule has 3 rings (SSSR count). The van der Waals surface area contributed by atoms with Gasteiger partial charge in [-0.15, -0.1) is 0 Å². The van der Waals surface area contributed by atoms with E-state index in [1.165, 1.54) is 11.8 Å². The largest absolute Gasteiger partial charge is 0.369 e. The number of rotatable bonds is 4. The number of pyridine rings is 1. The van der Waals surface area contributed by atoms with E-state index in [4.69, 9.17) is 5.73 Å². The van der Waals surface area contributed by atoms with Crippen LogP contribution in [0.5, 0.6) is 0 Å². The van der Waals surface area contributed by atoms with Gasteiger partial charge < -0.3 is 10.6 Å². The lowest BCUT2D eigenvalue weighted by molar-refractivity contribution is -0.134. The third-order valence-corrected chi connectivity index (χ3v) is 5.24. The van der Waals surface area contributed by atoms with Crippen molar-refractivity contribution < 1.29 is 9.59 Å². The highest BCUT2D eigenvalue weighted by atomic mass is 32.2. The van der Waals surface area contributed by atoms with Gasteiger partial charge in [-0.05, 0) is 31.9 Å². The summed E-state index contributed by atoms with van der Waals surface area (Å²) in [5.41, 5.74) is 6.38. The predicted molar refractivity (Wildman–Crippen MR) is 89.0 cm³/mol. The summed E-state index contributed by atoms with van der Waals surface area (Å²) in [4.78, 5) is 30.1.